The van der Waals surface area contributed by atoms with Crippen LogP contribution in [0.4, 0.5) is 11.5 Å². The smallest absolute Gasteiger partial charge is 0.129 e. The van der Waals surface area contributed by atoms with Gasteiger partial charge in [0, 0.05) is 29.8 Å². The fourth-order valence-corrected chi connectivity index (χ4v) is 3.64. The molecule has 0 spiro atoms. The van der Waals surface area contributed by atoms with Crippen LogP contribution in [0.3, 0.4) is 0 Å². The third-order valence-electron chi connectivity index (χ3n) is 3.85. The zero-order chi connectivity index (χ0) is 18.0. The molecule has 0 unspecified atom stereocenters. The Kier molecular flexibility index (Phi) is 5.01. The molecule has 25 heavy (non-hydrogen) atoms. The number of nitrogens with two attached hydrogens (primary N) is 1. The molecule has 1 fully saturated rings. The Balaban J connectivity index is 1.98. The van der Waals surface area contributed by atoms with Crippen LogP contribution in [0, 0.1) is 5.92 Å². The Bertz CT molecular complexity index is 800. The summed E-state index contributed by atoms with van der Waals surface area (Å²) in [6.07, 6.45) is 3.52. The van der Waals surface area contributed by atoms with Crippen molar-refractivity contribution in [2.24, 2.45) is 11.7 Å². The van der Waals surface area contributed by atoms with E-state index in [1.165, 1.54) is 0 Å². The summed E-state index contributed by atoms with van der Waals surface area (Å²) in [5.41, 5.74) is 8.82. The number of ether oxygens (including phenoxy) is 1. The number of pyridine rings is 1. The number of aromatic nitrogens is 1. The van der Waals surface area contributed by atoms with E-state index < -0.39 is 0 Å². The lowest BCUT2D eigenvalue weighted by Crippen LogP contribution is -2.33. The highest BCUT2D eigenvalue weighted by molar-refractivity contribution is 7.20. The topological polar surface area (TPSA) is 72.2 Å². The predicted octanol–water partition coefficient (Wildman–Crippen LogP) is 4.05. The van der Waals surface area contributed by atoms with Gasteiger partial charge in [-0.25, -0.2) is 4.98 Å². The molecule has 0 aliphatic carbocycles. The molecule has 1 saturated heterocycles. The van der Waals surface area contributed by atoms with E-state index in [9.17, 15) is 0 Å². The van der Waals surface area contributed by atoms with Crippen LogP contribution in [-0.2, 0) is 4.74 Å². The van der Waals surface area contributed by atoms with Crippen molar-refractivity contribution < 1.29 is 4.74 Å². The van der Waals surface area contributed by atoms with Crippen molar-refractivity contribution in [2.45, 2.75) is 26.3 Å². The van der Waals surface area contributed by atoms with Crippen LogP contribution in [-0.4, -0.2) is 30.3 Å². The molecular weight excluding hydrogens is 332 g/mol. The lowest BCUT2D eigenvalue weighted by atomic mass is 10.1. The van der Waals surface area contributed by atoms with Crippen molar-refractivity contribution in [1.82, 2.24) is 4.98 Å². The summed E-state index contributed by atoms with van der Waals surface area (Å²) in [6, 6.07) is 4.13. The first-order chi connectivity index (χ1) is 11.9. The largest absolute Gasteiger partial charge is 0.398 e. The summed E-state index contributed by atoms with van der Waals surface area (Å²) < 4.78 is 6.39. The van der Waals surface area contributed by atoms with Gasteiger partial charge in [-0.3, -0.25) is 0 Å². The highest BCUT2D eigenvalue weighted by atomic mass is 32.1. The number of allylic oxidation sites excluding steroid dienone is 2. The second-order valence-corrected chi connectivity index (χ2v) is 8.45. The van der Waals surface area contributed by atoms with Gasteiger partial charge in [0.15, 0.2) is 0 Å². The number of nitrogens with zero attached hydrogens (tertiary/aromatic N) is 1. The number of nitrogens with one attached hydrogen (secondary N) is 2. The molecule has 5 nitrogen and oxygen atoms in total. The Morgan fingerprint density at radius 2 is 2.20 bits per heavy atom. The van der Waals surface area contributed by atoms with Gasteiger partial charge in [0.1, 0.15) is 5.82 Å². The fraction of sp³-hybridized carbons (Fsp3) is 0.421. The SMILES string of the molecule is C=C/C=C(\N)c1cc2nc(NC(C)(C)C)cc(NCC3COC3)c2s1. The van der Waals surface area contributed by atoms with Crippen molar-refractivity contribution in [2.75, 3.05) is 30.4 Å². The molecule has 134 valence electrons. The lowest BCUT2D eigenvalue weighted by Gasteiger charge is -2.27. The van der Waals surface area contributed by atoms with Gasteiger partial charge in [-0.15, -0.1) is 11.3 Å². The predicted molar refractivity (Wildman–Crippen MR) is 108 cm³/mol. The summed E-state index contributed by atoms with van der Waals surface area (Å²) in [6.45, 7) is 12.7. The van der Waals surface area contributed by atoms with Gasteiger partial charge in [0.2, 0.25) is 0 Å². The standard InChI is InChI=1S/C19H26N4OS/c1-5-6-13(20)16-7-15-18(25-16)14(21-9-12-10-24-11-12)8-17(22-15)23-19(2,3)4/h5-8,12H,1,9-11,20H2,2-4H3,(H2,21,22,23)/b13-6-. The number of thiophene rings is 1. The third kappa shape index (κ3) is 4.32. The number of rotatable bonds is 6. The van der Waals surface area contributed by atoms with Gasteiger partial charge in [-0.1, -0.05) is 12.7 Å². The van der Waals surface area contributed by atoms with Crippen molar-refractivity contribution in [3.63, 3.8) is 0 Å². The average molecular weight is 359 g/mol. The second-order valence-electron chi connectivity index (χ2n) is 7.40. The Morgan fingerprint density at radius 3 is 2.80 bits per heavy atom. The zero-order valence-electron chi connectivity index (χ0n) is 15.1. The van der Waals surface area contributed by atoms with Crippen molar-refractivity contribution in [3.8, 4) is 0 Å². The maximum atomic E-state index is 6.13. The van der Waals surface area contributed by atoms with Crippen LogP contribution in [0.1, 0.15) is 25.6 Å². The summed E-state index contributed by atoms with van der Waals surface area (Å²) >= 11 is 1.65. The van der Waals surface area contributed by atoms with E-state index in [-0.39, 0.29) is 5.54 Å². The van der Waals surface area contributed by atoms with E-state index in [2.05, 4.69) is 44.1 Å². The van der Waals surface area contributed by atoms with E-state index in [4.69, 9.17) is 15.5 Å². The molecule has 3 heterocycles. The molecule has 1 aliphatic rings. The molecule has 2 aromatic rings. The molecule has 0 amide bonds. The van der Waals surface area contributed by atoms with Crippen molar-refractivity contribution in [1.29, 1.82) is 0 Å². The lowest BCUT2D eigenvalue weighted by molar-refractivity contribution is -0.0248. The minimum absolute atomic E-state index is 0.0552. The van der Waals surface area contributed by atoms with Gasteiger partial charge >= 0.3 is 0 Å². The van der Waals surface area contributed by atoms with Gasteiger partial charge < -0.3 is 21.1 Å². The number of hydrogen-bond donors (Lipinski definition) is 3. The Hall–Kier alpha value is -2.05. The molecule has 0 atom stereocenters. The van der Waals surface area contributed by atoms with Crippen molar-refractivity contribution in [3.05, 3.63) is 35.7 Å². The minimum Gasteiger partial charge on any atom is -0.398 e. The first kappa shape index (κ1) is 17.8. The van der Waals surface area contributed by atoms with E-state index in [0.29, 0.717) is 11.6 Å². The maximum absolute atomic E-state index is 6.13. The third-order valence-corrected chi connectivity index (χ3v) is 5.06. The molecule has 2 aromatic heterocycles. The molecule has 0 radical (unpaired) electrons. The molecule has 3 rings (SSSR count). The van der Waals surface area contributed by atoms with Gasteiger partial charge in [0.25, 0.3) is 0 Å². The molecule has 1 aliphatic heterocycles. The van der Waals surface area contributed by atoms with Crippen LogP contribution >= 0.6 is 11.3 Å². The highest BCUT2D eigenvalue weighted by Crippen LogP contribution is 2.35. The molecule has 0 bridgehead atoms. The average Bonchev–Trinajstić information content (AvgIpc) is 2.88. The Morgan fingerprint density at radius 1 is 1.44 bits per heavy atom. The normalized spacial score (nSPS) is 15.9. The number of hydrogen-bond acceptors (Lipinski definition) is 6. The summed E-state index contributed by atoms with van der Waals surface area (Å²) in [7, 11) is 0. The summed E-state index contributed by atoms with van der Waals surface area (Å²) in [5, 5.41) is 7.03. The fourth-order valence-electron chi connectivity index (χ4n) is 2.61. The van der Waals surface area contributed by atoms with Crippen LogP contribution < -0.4 is 16.4 Å². The Labute approximate surface area is 153 Å². The number of fused-ring (bicyclic) bond motifs is 1. The second kappa shape index (κ2) is 7.06. The van der Waals surface area contributed by atoms with Crippen LogP contribution in [0.15, 0.2) is 30.9 Å². The summed E-state index contributed by atoms with van der Waals surface area (Å²) in [5.74, 6) is 1.44. The van der Waals surface area contributed by atoms with Crippen molar-refractivity contribution >= 4 is 38.8 Å². The van der Waals surface area contributed by atoms with E-state index in [1.807, 2.05) is 12.1 Å². The van der Waals surface area contributed by atoms with Crippen LogP contribution in [0.2, 0.25) is 0 Å². The first-order valence-electron chi connectivity index (χ1n) is 8.48. The van der Waals surface area contributed by atoms with Crippen LogP contribution in [0.25, 0.3) is 15.9 Å². The number of anilines is 2. The molecular formula is C19H26N4OS. The van der Waals surface area contributed by atoms with Gasteiger partial charge in [-0.05, 0) is 32.9 Å². The van der Waals surface area contributed by atoms with Gasteiger partial charge in [-0.2, -0.15) is 0 Å². The first-order valence-corrected chi connectivity index (χ1v) is 9.30. The van der Waals surface area contributed by atoms with E-state index in [1.54, 1.807) is 17.4 Å². The summed E-state index contributed by atoms with van der Waals surface area (Å²) in [4.78, 5) is 5.78. The van der Waals surface area contributed by atoms with E-state index in [0.717, 1.165) is 46.4 Å². The highest BCUT2D eigenvalue weighted by Gasteiger charge is 2.20. The maximum Gasteiger partial charge on any atom is 0.129 e. The minimum atomic E-state index is -0.0552. The quantitative estimate of drug-likeness (QED) is 0.680. The molecule has 6 heteroatoms. The van der Waals surface area contributed by atoms with Crippen LogP contribution in [0.5, 0.6) is 0 Å². The molecule has 4 N–H and O–H groups in total. The molecule has 0 aromatic carbocycles. The van der Waals surface area contributed by atoms with Gasteiger partial charge in [0.05, 0.1) is 34.0 Å². The molecule has 0 saturated carbocycles. The zero-order valence-corrected chi connectivity index (χ0v) is 15.9. The monoisotopic (exact) mass is 358 g/mol. The van der Waals surface area contributed by atoms with E-state index >= 15 is 0 Å².